The van der Waals surface area contributed by atoms with Crippen molar-refractivity contribution in [3.05, 3.63) is 78.4 Å². The molecule has 3 aromatic rings. The number of hydrogen-bond donors (Lipinski definition) is 3. The van der Waals surface area contributed by atoms with Crippen LogP contribution >= 0.6 is 0 Å². The number of nitrogens with one attached hydrogen (secondary N) is 3. The van der Waals surface area contributed by atoms with Gasteiger partial charge in [0.25, 0.3) is 0 Å². The number of benzene rings is 3. The highest BCUT2D eigenvalue weighted by Crippen LogP contribution is 2.23. The van der Waals surface area contributed by atoms with E-state index in [0.717, 1.165) is 38.2 Å². The molecule has 0 radical (unpaired) electrons. The molecule has 0 bridgehead atoms. The molecule has 0 aromatic heterocycles. The smallest absolute Gasteiger partial charge is 0.160 e. The van der Waals surface area contributed by atoms with E-state index in [4.69, 9.17) is 61.6 Å². The average Bonchev–Trinajstić information content (AvgIpc) is 3.44. The SMILES string of the molecule is CC.CCC(COC(COc1cccc(OCC(COC)OC)c1)COC(CNC(C(C)NC)C(C)NC)COc1cccc(OCCC(OC)OC)c1)OC.CCCc1cccc(OCCC(CCC)COC)c1. The summed E-state index contributed by atoms with van der Waals surface area (Å²) in [5, 5.41) is 10.5. The molecule has 0 aliphatic heterocycles. The zero-order valence-corrected chi connectivity index (χ0v) is 49.0. The average molecular weight is 1060 g/mol. The lowest BCUT2D eigenvalue weighted by molar-refractivity contribution is -0.110. The highest BCUT2D eigenvalue weighted by Gasteiger charge is 2.25. The van der Waals surface area contributed by atoms with Gasteiger partial charge in [-0.3, -0.25) is 0 Å². The van der Waals surface area contributed by atoms with Crippen LogP contribution < -0.4 is 39.6 Å². The second kappa shape index (κ2) is 45.3. The number of methoxy groups -OCH3 is 6. The monoisotopic (exact) mass is 1060 g/mol. The molecule has 0 amide bonds. The molecular formula is C59H103N3O13. The van der Waals surface area contributed by atoms with Gasteiger partial charge in [-0.1, -0.05) is 71.7 Å². The van der Waals surface area contributed by atoms with E-state index in [1.807, 2.05) is 82.5 Å². The van der Waals surface area contributed by atoms with Gasteiger partial charge in [0, 0.05) is 92.5 Å². The lowest BCUT2D eigenvalue weighted by Gasteiger charge is -2.32. The summed E-state index contributed by atoms with van der Waals surface area (Å²) < 4.78 is 75.2. The first-order chi connectivity index (χ1) is 36.5. The van der Waals surface area contributed by atoms with Crippen molar-refractivity contribution in [2.45, 2.75) is 142 Å². The van der Waals surface area contributed by atoms with Crippen LogP contribution in [0.25, 0.3) is 0 Å². The van der Waals surface area contributed by atoms with Crippen molar-refractivity contribution >= 4 is 0 Å². The van der Waals surface area contributed by atoms with E-state index in [2.05, 4.69) is 68.8 Å². The minimum absolute atomic E-state index is 0.0537. The van der Waals surface area contributed by atoms with Crippen LogP contribution in [0.15, 0.2) is 72.8 Å². The van der Waals surface area contributed by atoms with Crippen LogP contribution in [0.3, 0.4) is 0 Å². The summed E-state index contributed by atoms with van der Waals surface area (Å²) in [5.41, 5.74) is 1.36. The Morgan fingerprint density at radius 2 is 0.947 bits per heavy atom. The van der Waals surface area contributed by atoms with Gasteiger partial charge in [0.1, 0.15) is 66.9 Å². The molecule has 0 saturated carbocycles. The van der Waals surface area contributed by atoms with Crippen molar-refractivity contribution in [2.75, 3.05) is 123 Å². The fourth-order valence-electron chi connectivity index (χ4n) is 7.79. The molecule has 0 aliphatic rings. The first-order valence-electron chi connectivity index (χ1n) is 27.4. The molecule has 7 unspecified atom stereocenters. The summed E-state index contributed by atoms with van der Waals surface area (Å²) in [6.07, 6.45) is 5.91. The summed E-state index contributed by atoms with van der Waals surface area (Å²) in [6, 6.07) is 24.0. The molecule has 3 rings (SSSR count). The molecule has 0 aliphatic carbocycles. The van der Waals surface area contributed by atoms with Crippen molar-refractivity contribution in [3.8, 4) is 28.7 Å². The fourth-order valence-corrected chi connectivity index (χ4v) is 7.79. The molecule has 432 valence electrons. The Bertz CT molecular complexity index is 1740. The van der Waals surface area contributed by atoms with E-state index < -0.39 is 6.10 Å². The molecule has 3 N–H and O–H groups in total. The van der Waals surface area contributed by atoms with Crippen molar-refractivity contribution in [1.29, 1.82) is 0 Å². The summed E-state index contributed by atoms with van der Waals surface area (Å²) in [4.78, 5) is 0. The van der Waals surface area contributed by atoms with Gasteiger partial charge in [-0.15, -0.1) is 0 Å². The third kappa shape index (κ3) is 31.3. The normalized spacial score (nSPS) is 14.5. The molecule has 3 aromatic carbocycles. The van der Waals surface area contributed by atoms with Gasteiger partial charge in [0.05, 0.1) is 39.1 Å². The van der Waals surface area contributed by atoms with E-state index in [0.29, 0.717) is 68.3 Å². The van der Waals surface area contributed by atoms with Gasteiger partial charge in [-0.05, 0) is 102 Å². The van der Waals surface area contributed by atoms with Crippen molar-refractivity contribution in [3.63, 3.8) is 0 Å². The van der Waals surface area contributed by atoms with Gasteiger partial charge >= 0.3 is 0 Å². The van der Waals surface area contributed by atoms with Crippen molar-refractivity contribution in [2.24, 2.45) is 5.92 Å². The van der Waals surface area contributed by atoms with Crippen LogP contribution in [0.1, 0.15) is 92.6 Å². The Balaban J connectivity index is 0.00000111. The molecule has 0 heterocycles. The first-order valence-corrected chi connectivity index (χ1v) is 27.4. The molecule has 0 fully saturated rings. The zero-order chi connectivity index (χ0) is 55.5. The highest BCUT2D eigenvalue weighted by molar-refractivity contribution is 5.34. The second-order valence-corrected chi connectivity index (χ2v) is 18.1. The number of likely N-dealkylation sites (N-methyl/N-ethyl adjacent to an activating group) is 2. The number of ether oxygens (including phenoxy) is 13. The quantitative estimate of drug-likeness (QED) is 0.0461. The minimum atomic E-state index is -0.399. The predicted octanol–water partition coefficient (Wildman–Crippen LogP) is 9.44. The lowest BCUT2D eigenvalue weighted by Crippen LogP contribution is -2.57. The van der Waals surface area contributed by atoms with Crippen LogP contribution in [0.5, 0.6) is 28.7 Å². The van der Waals surface area contributed by atoms with Gasteiger partial charge < -0.3 is 77.5 Å². The van der Waals surface area contributed by atoms with Gasteiger partial charge in [0.15, 0.2) is 6.29 Å². The van der Waals surface area contributed by atoms with Gasteiger partial charge in [-0.25, -0.2) is 0 Å². The Kier molecular flexibility index (Phi) is 41.8. The summed E-state index contributed by atoms with van der Waals surface area (Å²) in [7, 11) is 13.9. The largest absolute Gasteiger partial charge is 0.494 e. The number of rotatable bonds is 43. The van der Waals surface area contributed by atoms with Crippen molar-refractivity contribution in [1.82, 2.24) is 16.0 Å². The van der Waals surface area contributed by atoms with Crippen LogP contribution in [-0.2, 0) is 44.3 Å². The zero-order valence-electron chi connectivity index (χ0n) is 49.0. The maximum Gasteiger partial charge on any atom is 0.160 e. The van der Waals surface area contributed by atoms with E-state index in [1.165, 1.54) is 24.8 Å². The molecule has 0 spiro atoms. The minimum Gasteiger partial charge on any atom is -0.494 e. The van der Waals surface area contributed by atoms with Crippen molar-refractivity contribution < 1.29 is 61.6 Å². The Labute approximate surface area is 454 Å². The predicted molar refractivity (Wildman–Crippen MR) is 302 cm³/mol. The third-order valence-corrected chi connectivity index (χ3v) is 12.5. The Hall–Kier alpha value is -3.78. The fraction of sp³-hybridized carbons (Fsp3) is 0.695. The highest BCUT2D eigenvalue weighted by atomic mass is 16.7. The van der Waals surface area contributed by atoms with E-state index in [1.54, 1.807) is 42.7 Å². The number of hydrogen-bond acceptors (Lipinski definition) is 16. The maximum absolute atomic E-state index is 6.58. The van der Waals surface area contributed by atoms with Crippen LogP contribution in [-0.4, -0.2) is 172 Å². The molecule has 7 atom stereocenters. The van der Waals surface area contributed by atoms with Crippen LogP contribution in [0.4, 0.5) is 0 Å². The topological polar surface area (TPSA) is 156 Å². The Morgan fingerprint density at radius 3 is 1.44 bits per heavy atom. The summed E-state index contributed by atoms with van der Waals surface area (Å²) in [6.45, 7) is 19.4. The third-order valence-electron chi connectivity index (χ3n) is 12.5. The maximum atomic E-state index is 6.58. The molecule has 16 nitrogen and oxygen atoms in total. The van der Waals surface area contributed by atoms with E-state index in [-0.39, 0.29) is 62.5 Å². The standard InChI is InChI=1S/C40H69N3O11.C17H28O2.C2H6/c1-11-31(45-7)24-54-38(27-52-35-17-13-16-34(21-35)51-26-37(46-8)23-44-6)28-53-36(22-43-40(29(2)41-4)30(3)42-5)25-50-33-15-12-14-32(20-33)49-19-18-39(47-9)48-10;1-4-7-15-9-6-10-17(13-15)19-12-11-16(8-5-2)14-18-3;1-2/h12-17,20-21,29-31,36-43H,11,18-19,22-28H2,1-10H3;6,9-10,13,16H,4-5,7-8,11-12,14H2,1-3H3;1-2H3. The van der Waals surface area contributed by atoms with Crippen LogP contribution in [0, 0.1) is 5.92 Å². The van der Waals surface area contributed by atoms with E-state index >= 15 is 0 Å². The Morgan fingerprint density at radius 1 is 0.467 bits per heavy atom. The summed E-state index contributed by atoms with van der Waals surface area (Å²) in [5.74, 6) is 4.29. The molecule has 16 heteroatoms. The molecule has 75 heavy (non-hydrogen) atoms. The molecule has 0 saturated heterocycles. The van der Waals surface area contributed by atoms with Gasteiger partial charge in [0.2, 0.25) is 0 Å². The van der Waals surface area contributed by atoms with E-state index in [9.17, 15) is 0 Å². The first kappa shape index (κ1) is 69.2. The second-order valence-electron chi connectivity index (χ2n) is 18.1. The summed E-state index contributed by atoms with van der Waals surface area (Å²) >= 11 is 0. The van der Waals surface area contributed by atoms with Crippen LogP contribution in [0.2, 0.25) is 0 Å². The number of aryl methyl sites for hydroxylation is 1. The lowest BCUT2D eigenvalue weighted by atomic mass is 10.0. The van der Waals surface area contributed by atoms with Gasteiger partial charge in [-0.2, -0.15) is 0 Å². The molecular weight excluding hydrogens is 959 g/mol.